The minimum absolute atomic E-state index is 0. The predicted octanol–water partition coefficient (Wildman–Crippen LogP) is 8.23. The van der Waals surface area contributed by atoms with Crippen LogP contribution in [0.2, 0.25) is 0 Å². The maximum absolute atomic E-state index is 2.25. The number of hydrogen-bond donors (Lipinski definition) is 0. The van der Waals surface area contributed by atoms with Crippen molar-refractivity contribution in [2.24, 2.45) is 0 Å². The minimum atomic E-state index is 0. The maximum atomic E-state index is 2.25. The number of nitrogens with zero attached hydrogens (tertiary/aromatic N) is 3. The molecule has 0 rings (SSSR count). The highest BCUT2D eigenvalue weighted by atomic mass is 15.3. The molecule has 0 saturated carbocycles. The Morgan fingerprint density at radius 1 is 0.348 bits per heavy atom. The van der Waals surface area contributed by atoms with E-state index in [1.165, 1.54) is 0 Å². The lowest BCUT2D eigenvalue weighted by atomic mass is 10.7. The van der Waals surface area contributed by atoms with Gasteiger partial charge in [0.05, 0.1) is 13.3 Å². The molecule has 0 atom stereocenters. The van der Waals surface area contributed by atoms with Crippen molar-refractivity contribution in [2.45, 2.75) is 96.5 Å². The van der Waals surface area contributed by atoms with Crippen LogP contribution < -0.4 is 0 Å². The minimum Gasteiger partial charge on any atom is -0.297 e. The van der Waals surface area contributed by atoms with Crippen molar-refractivity contribution in [2.75, 3.05) is 48.6 Å². The van der Waals surface area contributed by atoms with Crippen LogP contribution in [0.3, 0.4) is 0 Å². The Balaban J connectivity index is -0.00000000519. The molecule has 0 saturated heterocycles. The van der Waals surface area contributed by atoms with Gasteiger partial charge in [-0.2, -0.15) is 0 Å². The summed E-state index contributed by atoms with van der Waals surface area (Å²) < 4.78 is 0. The average molecular weight is 354 g/mol. The van der Waals surface area contributed by atoms with Crippen molar-refractivity contribution in [3.05, 3.63) is 0 Å². The van der Waals surface area contributed by atoms with E-state index in [9.17, 15) is 0 Å². The second-order valence-electron chi connectivity index (χ2n) is 3.30. The summed E-state index contributed by atoms with van der Waals surface area (Å²) in [5.74, 6) is 0. The second-order valence-corrected chi connectivity index (χ2v) is 3.30. The summed E-state index contributed by atoms with van der Waals surface area (Å²) in [7, 11) is 10.4. The van der Waals surface area contributed by atoms with Crippen LogP contribution in [0.4, 0.5) is 0 Å². The third kappa shape index (κ3) is 139. The van der Waals surface area contributed by atoms with Gasteiger partial charge in [-0.1, -0.05) is 96.5 Å². The number of hydrogen-bond acceptors (Lipinski definition) is 3. The van der Waals surface area contributed by atoms with Gasteiger partial charge in [0, 0.05) is 0 Å². The van der Waals surface area contributed by atoms with E-state index >= 15 is 0 Å². The normalized spacial score (nSPS) is 5.22. The standard InChI is InChI=1S/C7H19N3.13CH4/c1-8(2)6-10(5)7-9(3)4;;;;;;;;;;;;;/h6-7H2,1-5H3;13*1H4. The fourth-order valence-electron chi connectivity index (χ4n) is 1.01. The molecule has 0 aliphatic carbocycles. The molecule has 0 N–H and O–H groups in total. The van der Waals surface area contributed by atoms with Gasteiger partial charge in [-0.3, -0.25) is 14.7 Å². The van der Waals surface area contributed by atoms with Gasteiger partial charge < -0.3 is 0 Å². The van der Waals surface area contributed by atoms with Gasteiger partial charge in [0.25, 0.3) is 0 Å². The maximum Gasteiger partial charge on any atom is 0.0509 e. The summed E-state index contributed by atoms with van der Waals surface area (Å²) in [5, 5.41) is 0. The summed E-state index contributed by atoms with van der Waals surface area (Å²) in [6.45, 7) is 2.02. The number of rotatable bonds is 4. The zero-order valence-electron chi connectivity index (χ0n) is 7.76. The highest BCUT2D eigenvalue weighted by molar-refractivity contribution is 4.45. The van der Waals surface area contributed by atoms with Crippen LogP contribution in [0.5, 0.6) is 0 Å². The first kappa shape index (κ1) is 139. The van der Waals surface area contributed by atoms with Gasteiger partial charge >= 0.3 is 0 Å². The van der Waals surface area contributed by atoms with Crippen molar-refractivity contribution in [1.82, 2.24) is 14.7 Å². The monoisotopic (exact) mass is 354 g/mol. The van der Waals surface area contributed by atoms with Crippen LogP contribution in [0.25, 0.3) is 0 Å². The largest absolute Gasteiger partial charge is 0.297 e. The molecule has 0 aromatic heterocycles. The summed E-state index contributed by atoms with van der Waals surface area (Å²) in [5.41, 5.74) is 0. The fourth-order valence-corrected chi connectivity index (χ4v) is 1.01. The van der Waals surface area contributed by atoms with E-state index in [1.807, 2.05) is 0 Å². The van der Waals surface area contributed by atoms with Crippen LogP contribution in [0.15, 0.2) is 0 Å². The first-order chi connectivity index (χ1) is 4.52. The lowest BCUT2D eigenvalue weighted by Crippen LogP contribution is -2.36. The van der Waals surface area contributed by atoms with Crippen LogP contribution in [0, 0.1) is 0 Å². The fraction of sp³-hybridized carbons (Fsp3) is 1.00. The molecule has 0 aliphatic heterocycles. The molecule has 0 aromatic carbocycles. The van der Waals surface area contributed by atoms with Crippen LogP contribution >= 0.6 is 0 Å². The molecule has 0 heterocycles. The second kappa shape index (κ2) is 80.6. The van der Waals surface area contributed by atoms with Crippen molar-refractivity contribution in [3.63, 3.8) is 0 Å². The average Bonchev–Trinajstić information content (AvgIpc) is 1.58. The molecule has 0 spiro atoms. The Morgan fingerprint density at radius 2 is 0.478 bits per heavy atom. The molecule has 0 amide bonds. The quantitative estimate of drug-likeness (QED) is 0.471. The summed E-state index contributed by atoms with van der Waals surface area (Å²) in [6.07, 6.45) is 0. The van der Waals surface area contributed by atoms with Crippen LogP contribution in [-0.2, 0) is 0 Å². The third-order valence-corrected chi connectivity index (χ3v) is 1.05. The molecule has 0 unspecified atom stereocenters. The van der Waals surface area contributed by atoms with E-state index in [-0.39, 0.29) is 96.5 Å². The Morgan fingerprint density at radius 3 is 0.565 bits per heavy atom. The van der Waals surface area contributed by atoms with Gasteiger partial charge in [-0.15, -0.1) is 0 Å². The van der Waals surface area contributed by atoms with E-state index in [0.717, 1.165) is 13.3 Å². The van der Waals surface area contributed by atoms with Crippen molar-refractivity contribution >= 4 is 0 Å². The van der Waals surface area contributed by atoms with E-state index < -0.39 is 0 Å². The van der Waals surface area contributed by atoms with E-state index in [0.29, 0.717) is 0 Å². The van der Waals surface area contributed by atoms with Crippen molar-refractivity contribution in [1.29, 1.82) is 0 Å². The molecule has 0 bridgehead atoms. The summed E-state index contributed by atoms with van der Waals surface area (Å²) in [4.78, 5) is 6.56. The lowest BCUT2D eigenvalue weighted by molar-refractivity contribution is 0.147. The Labute approximate surface area is 160 Å². The highest BCUT2D eigenvalue weighted by Gasteiger charge is 1.98. The molecule has 0 aromatic rings. The van der Waals surface area contributed by atoms with Gasteiger partial charge in [0.2, 0.25) is 0 Å². The van der Waals surface area contributed by atoms with E-state index in [2.05, 4.69) is 49.9 Å². The molecule has 0 radical (unpaired) electrons. The van der Waals surface area contributed by atoms with Crippen LogP contribution in [-0.4, -0.2) is 63.3 Å². The SMILES string of the molecule is C.C.C.C.C.C.C.C.C.C.C.C.C.CN(C)CN(C)CN(C)C. The van der Waals surface area contributed by atoms with Crippen molar-refractivity contribution < 1.29 is 0 Å². The van der Waals surface area contributed by atoms with E-state index in [4.69, 9.17) is 0 Å². The lowest BCUT2D eigenvalue weighted by Gasteiger charge is -2.24. The zero-order chi connectivity index (χ0) is 8.15. The predicted molar refractivity (Wildman–Crippen MR) is 132 cm³/mol. The summed E-state index contributed by atoms with van der Waals surface area (Å²) in [6, 6.07) is 0. The molecule has 0 fully saturated rings. The third-order valence-electron chi connectivity index (χ3n) is 1.05. The first-order valence-electron chi connectivity index (χ1n) is 3.50. The van der Waals surface area contributed by atoms with Gasteiger partial charge in [0.1, 0.15) is 0 Å². The Kier molecular flexibility index (Phi) is 487. The van der Waals surface area contributed by atoms with Crippen molar-refractivity contribution in [3.8, 4) is 0 Å². The zero-order valence-corrected chi connectivity index (χ0v) is 7.76. The molecule has 3 nitrogen and oxygen atoms in total. The molecule has 0 aliphatic rings. The molecule has 166 valence electrons. The highest BCUT2D eigenvalue weighted by Crippen LogP contribution is 1.85. The van der Waals surface area contributed by atoms with Gasteiger partial charge in [-0.05, 0) is 35.2 Å². The molecular weight excluding hydrogens is 282 g/mol. The molecule has 23 heavy (non-hydrogen) atoms. The first-order valence-corrected chi connectivity index (χ1v) is 3.50. The molecular formula is C20H71N3. The van der Waals surface area contributed by atoms with E-state index in [1.54, 1.807) is 0 Å². The van der Waals surface area contributed by atoms with Gasteiger partial charge in [-0.25, -0.2) is 0 Å². The smallest absolute Gasteiger partial charge is 0.0509 e. The molecule has 3 heteroatoms. The summed E-state index contributed by atoms with van der Waals surface area (Å²) >= 11 is 0. The Bertz CT molecular complexity index is 75.0. The topological polar surface area (TPSA) is 9.72 Å². The Hall–Kier alpha value is -0.120. The van der Waals surface area contributed by atoms with Crippen LogP contribution in [0.1, 0.15) is 96.5 Å². The van der Waals surface area contributed by atoms with Gasteiger partial charge in [0.15, 0.2) is 0 Å².